The second-order valence-corrected chi connectivity index (χ2v) is 8.75. The number of para-hydroxylation sites is 1. The van der Waals surface area contributed by atoms with E-state index in [9.17, 15) is 13.2 Å². The zero-order chi connectivity index (χ0) is 19.1. The summed E-state index contributed by atoms with van der Waals surface area (Å²) in [5.74, 6) is -0.207. The van der Waals surface area contributed by atoms with Gasteiger partial charge >= 0.3 is 0 Å². The van der Waals surface area contributed by atoms with Crippen LogP contribution in [0.25, 0.3) is 0 Å². The molecule has 0 saturated heterocycles. The Morgan fingerprint density at radius 2 is 1.85 bits per heavy atom. The fourth-order valence-electron chi connectivity index (χ4n) is 3.52. The normalized spacial score (nSPS) is 14.8. The van der Waals surface area contributed by atoms with Crippen molar-refractivity contribution in [3.8, 4) is 0 Å². The number of sulfonamides is 1. The minimum atomic E-state index is -3.62. The highest BCUT2D eigenvalue weighted by molar-refractivity contribution is 7.92. The van der Waals surface area contributed by atoms with Crippen LogP contribution in [0, 0.1) is 13.8 Å². The maximum absolute atomic E-state index is 13.2. The summed E-state index contributed by atoms with van der Waals surface area (Å²) in [6, 6.07) is 12.6. The van der Waals surface area contributed by atoms with Gasteiger partial charge in [0, 0.05) is 12.2 Å². The van der Waals surface area contributed by atoms with Gasteiger partial charge in [0.05, 0.1) is 11.9 Å². The Balaban J connectivity index is 2.01. The van der Waals surface area contributed by atoms with Gasteiger partial charge in [0.25, 0.3) is 5.91 Å². The molecular weight excluding hydrogens is 348 g/mol. The second-order valence-electron chi connectivity index (χ2n) is 6.89. The highest BCUT2D eigenvalue weighted by Gasteiger charge is 2.35. The summed E-state index contributed by atoms with van der Waals surface area (Å²) >= 11 is 0. The molecule has 1 atom stereocenters. The molecule has 3 rings (SSSR count). The Kier molecular flexibility index (Phi) is 4.80. The van der Waals surface area contributed by atoms with Gasteiger partial charge in [-0.15, -0.1) is 0 Å². The summed E-state index contributed by atoms with van der Waals surface area (Å²) in [5, 5.41) is 0. The van der Waals surface area contributed by atoms with Crippen molar-refractivity contribution in [3.63, 3.8) is 0 Å². The molecule has 0 saturated carbocycles. The molecule has 0 fully saturated rings. The van der Waals surface area contributed by atoms with Crippen LogP contribution in [-0.4, -0.2) is 33.2 Å². The summed E-state index contributed by atoms with van der Waals surface area (Å²) in [6.07, 6.45) is 1.94. The molecule has 1 aliphatic rings. The summed E-state index contributed by atoms with van der Waals surface area (Å²) < 4.78 is 26.4. The maximum atomic E-state index is 13.2. The van der Waals surface area contributed by atoms with Gasteiger partial charge in [0.15, 0.2) is 0 Å². The average molecular weight is 372 g/mol. The number of carbonyl (C=O) groups excluding carboxylic acids is 1. The molecule has 0 unspecified atom stereocenters. The van der Waals surface area contributed by atoms with Crippen molar-refractivity contribution in [1.82, 2.24) is 0 Å². The third-order valence-corrected chi connectivity index (χ3v) is 6.05. The summed E-state index contributed by atoms with van der Waals surface area (Å²) in [4.78, 5) is 14.9. The fraction of sp³-hybridized carbons (Fsp3) is 0.350. The number of amides is 1. The van der Waals surface area contributed by atoms with E-state index in [1.807, 2.05) is 56.3 Å². The summed E-state index contributed by atoms with van der Waals surface area (Å²) in [5.41, 5.74) is 4.32. The van der Waals surface area contributed by atoms with Gasteiger partial charge < -0.3 is 4.90 Å². The first-order valence-electron chi connectivity index (χ1n) is 8.66. The quantitative estimate of drug-likeness (QED) is 0.829. The molecule has 26 heavy (non-hydrogen) atoms. The van der Waals surface area contributed by atoms with E-state index < -0.39 is 16.1 Å². The van der Waals surface area contributed by atoms with Gasteiger partial charge in [-0.1, -0.05) is 30.3 Å². The smallest absolute Gasteiger partial charge is 0.250 e. The molecule has 0 aliphatic carbocycles. The highest BCUT2D eigenvalue weighted by atomic mass is 32.2. The highest BCUT2D eigenvalue weighted by Crippen LogP contribution is 2.31. The van der Waals surface area contributed by atoms with Gasteiger partial charge in [-0.3, -0.25) is 9.10 Å². The van der Waals surface area contributed by atoms with E-state index in [1.54, 1.807) is 11.8 Å². The van der Waals surface area contributed by atoms with Crippen LogP contribution in [0.5, 0.6) is 0 Å². The number of rotatable bonds is 4. The lowest BCUT2D eigenvalue weighted by molar-refractivity contribution is -0.119. The molecule has 1 heterocycles. The minimum Gasteiger partial charge on any atom is -0.310 e. The first-order valence-corrected chi connectivity index (χ1v) is 10.5. The maximum Gasteiger partial charge on any atom is 0.250 e. The molecule has 2 aromatic carbocycles. The number of nitrogens with zero attached hydrogens (tertiary/aromatic N) is 2. The Morgan fingerprint density at radius 1 is 1.15 bits per heavy atom. The lowest BCUT2D eigenvalue weighted by Gasteiger charge is -2.32. The number of anilines is 2. The summed E-state index contributed by atoms with van der Waals surface area (Å²) in [6.45, 7) is 6.00. The van der Waals surface area contributed by atoms with Crippen molar-refractivity contribution in [2.45, 2.75) is 33.2 Å². The predicted molar refractivity (Wildman–Crippen MR) is 105 cm³/mol. The van der Waals surface area contributed by atoms with E-state index in [1.165, 1.54) is 4.31 Å². The Morgan fingerprint density at radius 3 is 2.54 bits per heavy atom. The predicted octanol–water partition coefficient (Wildman–Crippen LogP) is 3.05. The van der Waals surface area contributed by atoms with E-state index in [0.29, 0.717) is 12.2 Å². The number of carbonyl (C=O) groups is 1. The number of hydrogen-bond acceptors (Lipinski definition) is 3. The van der Waals surface area contributed by atoms with Gasteiger partial charge in [0.1, 0.15) is 6.04 Å². The van der Waals surface area contributed by atoms with Crippen LogP contribution < -0.4 is 9.21 Å². The zero-order valence-corrected chi connectivity index (χ0v) is 16.4. The summed E-state index contributed by atoms with van der Waals surface area (Å²) in [7, 11) is -3.62. The minimum absolute atomic E-state index is 0.207. The van der Waals surface area contributed by atoms with Gasteiger partial charge in [0.2, 0.25) is 10.0 Å². The van der Waals surface area contributed by atoms with Crippen molar-refractivity contribution in [1.29, 1.82) is 0 Å². The van der Waals surface area contributed by atoms with E-state index in [4.69, 9.17) is 0 Å². The average Bonchev–Trinajstić information content (AvgIpc) is 3.00. The lowest BCUT2D eigenvalue weighted by Crippen LogP contribution is -2.49. The first kappa shape index (κ1) is 18.5. The molecule has 0 N–H and O–H groups in total. The van der Waals surface area contributed by atoms with Gasteiger partial charge in [-0.05, 0) is 56.0 Å². The monoisotopic (exact) mass is 372 g/mol. The SMILES string of the molecule is Cc1ccc(C)c(N([C@@H](C)C(=O)N2CCc3ccccc32)S(C)(=O)=O)c1. The molecular formula is C20H24N2O3S. The van der Waals surface area contributed by atoms with Crippen LogP contribution in [-0.2, 0) is 21.2 Å². The molecule has 0 radical (unpaired) electrons. The van der Waals surface area contributed by atoms with Gasteiger partial charge in [-0.25, -0.2) is 8.42 Å². The van der Waals surface area contributed by atoms with Crippen LogP contribution in [0.3, 0.4) is 0 Å². The van der Waals surface area contributed by atoms with Crippen molar-refractivity contribution < 1.29 is 13.2 Å². The third kappa shape index (κ3) is 3.33. The fourth-order valence-corrected chi connectivity index (χ4v) is 4.74. The van der Waals surface area contributed by atoms with Crippen LogP contribution in [0.15, 0.2) is 42.5 Å². The van der Waals surface area contributed by atoms with Crippen molar-refractivity contribution >= 4 is 27.3 Å². The largest absolute Gasteiger partial charge is 0.310 e. The second kappa shape index (κ2) is 6.76. The molecule has 5 nitrogen and oxygen atoms in total. The number of hydrogen-bond donors (Lipinski definition) is 0. The van der Waals surface area contributed by atoms with Crippen LogP contribution >= 0.6 is 0 Å². The van der Waals surface area contributed by atoms with Crippen molar-refractivity contribution in [2.75, 3.05) is 22.0 Å². The Bertz CT molecular complexity index is 953. The number of benzene rings is 2. The van der Waals surface area contributed by atoms with Crippen molar-refractivity contribution in [2.24, 2.45) is 0 Å². The van der Waals surface area contributed by atoms with E-state index in [2.05, 4.69) is 0 Å². The van der Waals surface area contributed by atoms with Crippen LogP contribution in [0.4, 0.5) is 11.4 Å². The first-order chi connectivity index (χ1) is 12.2. The van der Waals surface area contributed by atoms with E-state index >= 15 is 0 Å². The topological polar surface area (TPSA) is 57.7 Å². The van der Waals surface area contributed by atoms with Gasteiger partial charge in [-0.2, -0.15) is 0 Å². The molecule has 6 heteroatoms. The number of aryl methyl sites for hydroxylation is 2. The molecule has 138 valence electrons. The van der Waals surface area contributed by atoms with Crippen molar-refractivity contribution in [3.05, 3.63) is 59.2 Å². The van der Waals surface area contributed by atoms with E-state index in [-0.39, 0.29) is 5.91 Å². The van der Waals surface area contributed by atoms with Crippen LogP contribution in [0.1, 0.15) is 23.6 Å². The third-order valence-electron chi connectivity index (χ3n) is 4.82. The Hall–Kier alpha value is -2.34. The molecule has 0 aromatic heterocycles. The Labute approximate surface area is 155 Å². The van der Waals surface area contributed by atoms with E-state index in [0.717, 1.165) is 35.1 Å². The molecule has 2 aromatic rings. The molecule has 0 bridgehead atoms. The van der Waals surface area contributed by atoms with Crippen LogP contribution in [0.2, 0.25) is 0 Å². The zero-order valence-electron chi connectivity index (χ0n) is 15.6. The number of fused-ring (bicyclic) bond motifs is 1. The lowest BCUT2D eigenvalue weighted by atomic mass is 10.1. The molecule has 1 amide bonds. The molecule has 1 aliphatic heterocycles. The standard InChI is InChI=1S/C20H24N2O3S/c1-14-9-10-15(2)19(13-14)22(26(4,24)25)16(3)20(23)21-12-11-17-7-5-6-8-18(17)21/h5-10,13,16H,11-12H2,1-4H3/t16-/m0/s1. The molecule has 0 spiro atoms.